The Morgan fingerprint density at radius 3 is 2.16 bits per heavy atom. The summed E-state index contributed by atoms with van der Waals surface area (Å²) in [5.41, 5.74) is 1.31. The molecule has 1 aromatic carbocycles. The highest BCUT2D eigenvalue weighted by molar-refractivity contribution is 5.93. The van der Waals surface area contributed by atoms with Gasteiger partial charge in [-0.1, -0.05) is 12.1 Å². The van der Waals surface area contributed by atoms with Crippen molar-refractivity contribution in [2.24, 2.45) is 0 Å². The molecule has 8 heteroatoms. The zero-order valence-corrected chi connectivity index (χ0v) is 14.1. The van der Waals surface area contributed by atoms with Crippen LogP contribution in [-0.4, -0.2) is 22.5 Å². The van der Waals surface area contributed by atoms with Crippen molar-refractivity contribution >= 4 is 11.6 Å². The number of aromatic nitrogens is 2. The molecule has 0 saturated heterocycles. The molecule has 0 aliphatic rings. The maximum Gasteiger partial charge on any atom is 0.416 e. The van der Waals surface area contributed by atoms with E-state index < -0.39 is 11.7 Å². The predicted molar refractivity (Wildman–Crippen MR) is 86.5 cm³/mol. The standard InChI is InChI=1S/C17H18F3N3O2/c1-4-25-16-21-10(2)15(11(3)22-16)23-14(24)9-12-5-7-13(8-6-12)17(18,19)20/h5-8H,4,9H2,1-3H3,(H,23,24). The average Bonchev–Trinajstić information content (AvgIpc) is 2.51. The fourth-order valence-electron chi connectivity index (χ4n) is 2.24. The summed E-state index contributed by atoms with van der Waals surface area (Å²) in [6.07, 6.45) is -4.45. The first-order chi connectivity index (χ1) is 11.7. The van der Waals surface area contributed by atoms with Crippen LogP contribution >= 0.6 is 0 Å². The zero-order valence-electron chi connectivity index (χ0n) is 14.1. The molecule has 0 radical (unpaired) electrons. The van der Waals surface area contributed by atoms with Crippen LogP contribution in [0.15, 0.2) is 24.3 Å². The summed E-state index contributed by atoms with van der Waals surface area (Å²) in [7, 11) is 0. The van der Waals surface area contributed by atoms with E-state index in [0.717, 1.165) is 12.1 Å². The Bertz CT molecular complexity index is 736. The molecule has 2 rings (SSSR count). The number of benzene rings is 1. The molecule has 2 aromatic rings. The molecule has 0 aliphatic heterocycles. The van der Waals surface area contributed by atoms with Crippen LogP contribution in [0.25, 0.3) is 0 Å². The lowest BCUT2D eigenvalue weighted by Gasteiger charge is -2.12. The van der Waals surface area contributed by atoms with E-state index in [1.807, 2.05) is 6.92 Å². The monoisotopic (exact) mass is 353 g/mol. The van der Waals surface area contributed by atoms with Gasteiger partial charge in [0.05, 0.1) is 35.7 Å². The number of aryl methyl sites for hydroxylation is 2. The molecule has 1 amide bonds. The summed E-state index contributed by atoms with van der Waals surface area (Å²) >= 11 is 0. The van der Waals surface area contributed by atoms with Crippen molar-refractivity contribution < 1.29 is 22.7 Å². The van der Waals surface area contributed by atoms with E-state index in [9.17, 15) is 18.0 Å². The molecule has 0 atom stereocenters. The lowest BCUT2D eigenvalue weighted by molar-refractivity contribution is -0.137. The Kier molecular flexibility index (Phi) is 5.61. The summed E-state index contributed by atoms with van der Waals surface area (Å²) < 4.78 is 42.9. The second-order valence-corrected chi connectivity index (χ2v) is 5.40. The molecule has 0 aliphatic carbocycles. The van der Waals surface area contributed by atoms with E-state index in [1.165, 1.54) is 12.1 Å². The minimum absolute atomic E-state index is 0.0514. The largest absolute Gasteiger partial charge is 0.464 e. The van der Waals surface area contributed by atoms with Crippen LogP contribution in [0.2, 0.25) is 0 Å². The van der Waals surface area contributed by atoms with E-state index in [-0.39, 0.29) is 18.3 Å². The molecule has 0 unspecified atom stereocenters. The van der Waals surface area contributed by atoms with Crippen molar-refractivity contribution in [1.82, 2.24) is 9.97 Å². The van der Waals surface area contributed by atoms with Crippen LogP contribution in [0.5, 0.6) is 6.01 Å². The van der Waals surface area contributed by atoms with Gasteiger partial charge in [0.15, 0.2) is 0 Å². The molecule has 25 heavy (non-hydrogen) atoms. The van der Waals surface area contributed by atoms with Gasteiger partial charge in [0.25, 0.3) is 0 Å². The normalized spacial score (nSPS) is 11.3. The van der Waals surface area contributed by atoms with Crippen LogP contribution in [0.3, 0.4) is 0 Å². The van der Waals surface area contributed by atoms with Crippen LogP contribution in [0.4, 0.5) is 18.9 Å². The minimum atomic E-state index is -4.39. The minimum Gasteiger partial charge on any atom is -0.464 e. The summed E-state index contributed by atoms with van der Waals surface area (Å²) in [6, 6.07) is 4.73. The smallest absolute Gasteiger partial charge is 0.416 e. The third kappa shape index (κ3) is 4.91. The first kappa shape index (κ1) is 18.7. The zero-order chi connectivity index (χ0) is 18.6. The van der Waals surface area contributed by atoms with E-state index >= 15 is 0 Å². The van der Waals surface area contributed by atoms with Crippen molar-refractivity contribution in [1.29, 1.82) is 0 Å². The Balaban J connectivity index is 2.08. The van der Waals surface area contributed by atoms with Gasteiger partial charge < -0.3 is 10.1 Å². The van der Waals surface area contributed by atoms with Crippen LogP contribution < -0.4 is 10.1 Å². The molecule has 1 N–H and O–H groups in total. The summed E-state index contributed by atoms with van der Waals surface area (Å²) in [6.45, 7) is 5.67. The first-order valence-corrected chi connectivity index (χ1v) is 7.64. The van der Waals surface area contributed by atoms with Gasteiger partial charge in [-0.25, -0.2) is 0 Å². The topological polar surface area (TPSA) is 64.1 Å². The number of ether oxygens (including phenoxy) is 1. The first-order valence-electron chi connectivity index (χ1n) is 7.64. The SMILES string of the molecule is CCOc1nc(C)c(NC(=O)Cc2ccc(C(F)(F)F)cc2)c(C)n1. The van der Waals surface area contributed by atoms with E-state index in [1.54, 1.807) is 13.8 Å². The number of rotatable bonds is 5. The highest BCUT2D eigenvalue weighted by Gasteiger charge is 2.30. The van der Waals surface area contributed by atoms with Crippen LogP contribution in [-0.2, 0) is 17.4 Å². The number of anilines is 1. The maximum atomic E-state index is 12.5. The quantitative estimate of drug-likeness (QED) is 0.890. The molecule has 0 spiro atoms. The molecule has 1 aromatic heterocycles. The number of nitrogens with one attached hydrogen (secondary N) is 1. The Morgan fingerprint density at radius 2 is 1.68 bits per heavy atom. The number of nitrogens with zero attached hydrogens (tertiary/aromatic N) is 2. The van der Waals surface area contributed by atoms with Crippen molar-refractivity contribution in [3.05, 3.63) is 46.8 Å². The number of carbonyl (C=O) groups excluding carboxylic acids is 1. The second kappa shape index (κ2) is 7.50. The van der Waals surface area contributed by atoms with E-state index in [2.05, 4.69) is 15.3 Å². The van der Waals surface area contributed by atoms with Crippen molar-refractivity contribution in [2.75, 3.05) is 11.9 Å². The number of amides is 1. The van der Waals surface area contributed by atoms with Gasteiger partial charge >= 0.3 is 12.2 Å². The molecule has 0 saturated carbocycles. The second-order valence-electron chi connectivity index (χ2n) is 5.40. The van der Waals surface area contributed by atoms with E-state index in [0.29, 0.717) is 29.2 Å². The number of hydrogen-bond donors (Lipinski definition) is 1. The van der Waals surface area contributed by atoms with Crippen molar-refractivity contribution in [2.45, 2.75) is 33.4 Å². The van der Waals surface area contributed by atoms with E-state index in [4.69, 9.17) is 4.74 Å². The number of halogens is 3. The fraction of sp³-hybridized carbons (Fsp3) is 0.353. The number of alkyl halides is 3. The summed E-state index contributed by atoms with van der Waals surface area (Å²) in [5.74, 6) is -0.362. The maximum absolute atomic E-state index is 12.5. The molecular formula is C17H18F3N3O2. The van der Waals surface area contributed by atoms with Crippen LogP contribution in [0.1, 0.15) is 29.4 Å². The van der Waals surface area contributed by atoms with Gasteiger partial charge in [-0.05, 0) is 38.5 Å². The average molecular weight is 353 g/mol. The number of hydrogen-bond acceptors (Lipinski definition) is 4. The van der Waals surface area contributed by atoms with Gasteiger partial charge in [0.1, 0.15) is 0 Å². The van der Waals surface area contributed by atoms with Gasteiger partial charge in [-0.2, -0.15) is 23.1 Å². The summed E-state index contributed by atoms with van der Waals surface area (Å²) in [5, 5.41) is 2.70. The fourth-order valence-corrected chi connectivity index (χ4v) is 2.24. The molecule has 134 valence electrons. The Labute approximate surface area is 143 Å². The molecular weight excluding hydrogens is 335 g/mol. The Morgan fingerprint density at radius 1 is 1.12 bits per heavy atom. The van der Waals surface area contributed by atoms with Gasteiger partial charge in [-0.3, -0.25) is 4.79 Å². The van der Waals surface area contributed by atoms with Gasteiger partial charge in [0, 0.05) is 0 Å². The number of carbonyl (C=O) groups is 1. The highest BCUT2D eigenvalue weighted by Crippen LogP contribution is 2.29. The van der Waals surface area contributed by atoms with Crippen LogP contribution in [0, 0.1) is 13.8 Å². The van der Waals surface area contributed by atoms with Crippen molar-refractivity contribution in [3.8, 4) is 6.01 Å². The van der Waals surface area contributed by atoms with Gasteiger partial charge in [-0.15, -0.1) is 0 Å². The highest BCUT2D eigenvalue weighted by atomic mass is 19.4. The molecule has 0 fully saturated rings. The third-order valence-corrected chi connectivity index (χ3v) is 3.43. The van der Waals surface area contributed by atoms with Gasteiger partial charge in [0.2, 0.25) is 5.91 Å². The lowest BCUT2D eigenvalue weighted by atomic mass is 10.1. The molecule has 0 bridgehead atoms. The van der Waals surface area contributed by atoms with Crippen molar-refractivity contribution in [3.63, 3.8) is 0 Å². The lowest BCUT2D eigenvalue weighted by Crippen LogP contribution is -2.17. The predicted octanol–water partition coefficient (Wildman–Crippen LogP) is 3.69. The Hall–Kier alpha value is -2.64. The molecule has 1 heterocycles. The summed E-state index contributed by atoms with van der Waals surface area (Å²) in [4.78, 5) is 20.5. The molecule has 5 nitrogen and oxygen atoms in total. The third-order valence-electron chi connectivity index (χ3n) is 3.43.